The number of carbonyl (C=O) groups excluding carboxylic acids is 1. The van der Waals surface area contributed by atoms with Gasteiger partial charge in [0.05, 0.1) is 5.41 Å². The van der Waals surface area contributed by atoms with Crippen LogP contribution in [-0.2, 0) is 11.3 Å². The van der Waals surface area contributed by atoms with Crippen LogP contribution in [0.2, 0.25) is 0 Å². The molecule has 1 aromatic heterocycles. The van der Waals surface area contributed by atoms with Gasteiger partial charge in [-0.2, -0.15) is 0 Å². The molecular formula is C13H19N3O. The Balaban J connectivity index is 1.90. The molecule has 4 heteroatoms. The highest BCUT2D eigenvalue weighted by molar-refractivity contribution is 5.83. The molecule has 4 nitrogen and oxygen atoms in total. The molecule has 92 valence electrons. The first-order valence-electron chi connectivity index (χ1n) is 6.06. The minimum absolute atomic E-state index is 0.0897. The summed E-state index contributed by atoms with van der Waals surface area (Å²) in [5.41, 5.74) is 7.40. The Morgan fingerprint density at radius 1 is 1.53 bits per heavy atom. The third kappa shape index (κ3) is 2.47. The Morgan fingerprint density at radius 3 is 2.76 bits per heavy atom. The van der Waals surface area contributed by atoms with E-state index in [4.69, 9.17) is 5.73 Å². The van der Waals surface area contributed by atoms with Crippen LogP contribution in [-0.4, -0.2) is 17.4 Å². The number of hydrogen-bond donors (Lipinski definition) is 2. The lowest BCUT2D eigenvalue weighted by Gasteiger charge is -2.39. The molecule has 0 unspecified atom stereocenters. The van der Waals surface area contributed by atoms with E-state index in [1.54, 1.807) is 6.20 Å². The highest BCUT2D eigenvalue weighted by atomic mass is 16.2. The average Bonchev–Trinajstić information content (AvgIpc) is 2.27. The predicted octanol–water partition coefficient (Wildman–Crippen LogP) is 1.14. The summed E-state index contributed by atoms with van der Waals surface area (Å²) in [7, 11) is 0. The van der Waals surface area contributed by atoms with E-state index in [-0.39, 0.29) is 11.3 Å². The molecule has 0 atom stereocenters. The molecule has 0 aliphatic heterocycles. The molecule has 1 aliphatic rings. The standard InChI is InChI=1S/C13H19N3O/c1-10-3-4-11(7-15-10)8-16-12(17)13(9-14)5-2-6-13/h3-4,7H,2,5-6,8-9,14H2,1H3,(H,16,17). The van der Waals surface area contributed by atoms with E-state index in [0.717, 1.165) is 30.5 Å². The summed E-state index contributed by atoms with van der Waals surface area (Å²) in [5.74, 6) is 0.0897. The molecule has 0 spiro atoms. The van der Waals surface area contributed by atoms with Crippen molar-refractivity contribution in [2.45, 2.75) is 32.7 Å². The molecule has 2 rings (SSSR count). The van der Waals surface area contributed by atoms with Gasteiger partial charge < -0.3 is 11.1 Å². The van der Waals surface area contributed by atoms with Gasteiger partial charge in [-0.3, -0.25) is 9.78 Å². The van der Waals surface area contributed by atoms with Crippen LogP contribution in [0.3, 0.4) is 0 Å². The van der Waals surface area contributed by atoms with Gasteiger partial charge >= 0.3 is 0 Å². The van der Waals surface area contributed by atoms with Crippen LogP contribution in [0.25, 0.3) is 0 Å². The number of aromatic nitrogens is 1. The Kier molecular flexibility index (Phi) is 3.43. The third-order valence-electron chi connectivity index (χ3n) is 3.61. The Hall–Kier alpha value is -1.42. The fourth-order valence-electron chi connectivity index (χ4n) is 2.10. The van der Waals surface area contributed by atoms with E-state index < -0.39 is 0 Å². The molecule has 1 aliphatic carbocycles. The highest BCUT2D eigenvalue weighted by Crippen LogP contribution is 2.39. The fourth-order valence-corrected chi connectivity index (χ4v) is 2.10. The fraction of sp³-hybridized carbons (Fsp3) is 0.538. The molecule has 17 heavy (non-hydrogen) atoms. The molecule has 1 fully saturated rings. The normalized spacial score (nSPS) is 17.3. The Morgan fingerprint density at radius 2 is 2.29 bits per heavy atom. The van der Waals surface area contributed by atoms with E-state index in [0.29, 0.717) is 13.1 Å². The molecule has 1 amide bonds. The molecule has 0 aromatic carbocycles. The molecule has 0 radical (unpaired) electrons. The van der Waals surface area contributed by atoms with E-state index in [9.17, 15) is 4.79 Å². The van der Waals surface area contributed by atoms with Gasteiger partial charge in [-0.25, -0.2) is 0 Å². The summed E-state index contributed by atoms with van der Waals surface area (Å²) in [6.45, 7) is 2.93. The van der Waals surface area contributed by atoms with Gasteiger partial charge in [0.2, 0.25) is 5.91 Å². The van der Waals surface area contributed by atoms with Gasteiger partial charge in [-0.05, 0) is 31.4 Å². The minimum Gasteiger partial charge on any atom is -0.351 e. The van der Waals surface area contributed by atoms with Crippen LogP contribution in [0, 0.1) is 12.3 Å². The second-order valence-electron chi connectivity index (χ2n) is 4.83. The zero-order chi connectivity index (χ0) is 12.3. The topological polar surface area (TPSA) is 68.0 Å². The number of amides is 1. The van der Waals surface area contributed by atoms with Gasteiger partial charge in [0, 0.05) is 25.0 Å². The van der Waals surface area contributed by atoms with Gasteiger partial charge in [-0.15, -0.1) is 0 Å². The maximum atomic E-state index is 12.0. The van der Waals surface area contributed by atoms with E-state index in [1.807, 2.05) is 19.1 Å². The van der Waals surface area contributed by atoms with Crippen LogP contribution in [0.15, 0.2) is 18.3 Å². The highest BCUT2D eigenvalue weighted by Gasteiger charge is 2.42. The summed E-state index contributed by atoms with van der Waals surface area (Å²) in [5, 5.41) is 2.95. The number of nitrogens with two attached hydrogens (primary N) is 1. The van der Waals surface area contributed by atoms with E-state index in [2.05, 4.69) is 10.3 Å². The third-order valence-corrected chi connectivity index (χ3v) is 3.61. The first-order chi connectivity index (χ1) is 8.16. The molecule has 1 saturated carbocycles. The molecule has 0 bridgehead atoms. The summed E-state index contributed by atoms with van der Waals surface area (Å²) >= 11 is 0. The monoisotopic (exact) mass is 233 g/mol. The van der Waals surface area contributed by atoms with Crippen molar-refractivity contribution >= 4 is 5.91 Å². The lowest BCUT2D eigenvalue weighted by molar-refractivity contribution is -0.135. The summed E-state index contributed by atoms with van der Waals surface area (Å²) < 4.78 is 0. The molecule has 3 N–H and O–H groups in total. The Labute approximate surface area is 102 Å². The smallest absolute Gasteiger partial charge is 0.227 e. The lowest BCUT2D eigenvalue weighted by atomic mass is 9.68. The number of aryl methyl sites for hydroxylation is 1. The number of nitrogens with one attached hydrogen (secondary N) is 1. The number of pyridine rings is 1. The zero-order valence-electron chi connectivity index (χ0n) is 10.2. The number of carbonyl (C=O) groups is 1. The second kappa shape index (κ2) is 4.84. The van der Waals surface area contributed by atoms with Crippen LogP contribution in [0.4, 0.5) is 0 Å². The van der Waals surface area contributed by atoms with E-state index >= 15 is 0 Å². The van der Waals surface area contributed by atoms with Gasteiger partial charge in [0.25, 0.3) is 0 Å². The van der Waals surface area contributed by atoms with Crippen LogP contribution in [0.1, 0.15) is 30.5 Å². The predicted molar refractivity (Wildman–Crippen MR) is 66.2 cm³/mol. The van der Waals surface area contributed by atoms with Crippen LogP contribution >= 0.6 is 0 Å². The summed E-state index contributed by atoms with van der Waals surface area (Å²) in [6, 6.07) is 3.93. The quantitative estimate of drug-likeness (QED) is 0.819. The number of nitrogens with zero attached hydrogens (tertiary/aromatic N) is 1. The molecular weight excluding hydrogens is 214 g/mol. The lowest BCUT2D eigenvalue weighted by Crippen LogP contribution is -2.50. The number of rotatable bonds is 4. The summed E-state index contributed by atoms with van der Waals surface area (Å²) in [6.07, 6.45) is 4.74. The van der Waals surface area contributed by atoms with E-state index in [1.165, 1.54) is 0 Å². The van der Waals surface area contributed by atoms with Crippen molar-refractivity contribution in [1.82, 2.24) is 10.3 Å². The first-order valence-corrected chi connectivity index (χ1v) is 6.06. The van der Waals surface area contributed by atoms with Crippen molar-refractivity contribution in [2.24, 2.45) is 11.1 Å². The van der Waals surface area contributed by atoms with Crippen molar-refractivity contribution < 1.29 is 4.79 Å². The zero-order valence-corrected chi connectivity index (χ0v) is 10.2. The van der Waals surface area contributed by atoms with Gasteiger partial charge in [0.15, 0.2) is 0 Å². The summed E-state index contributed by atoms with van der Waals surface area (Å²) in [4.78, 5) is 16.2. The molecule has 1 aromatic rings. The maximum absolute atomic E-state index is 12.0. The molecule has 1 heterocycles. The largest absolute Gasteiger partial charge is 0.351 e. The first kappa shape index (κ1) is 12.0. The average molecular weight is 233 g/mol. The van der Waals surface area contributed by atoms with Crippen molar-refractivity contribution in [3.8, 4) is 0 Å². The van der Waals surface area contributed by atoms with Crippen molar-refractivity contribution in [2.75, 3.05) is 6.54 Å². The minimum atomic E-state index is -0.294. The van der Waals surface area contributed by atoms with Crippen LogP contribution < -0.4 is 11.1 Å². The van der Waals surface area contributed by atoms with Gasteiger partial charge in [-0.1, -0.05) is 12.5 Å². The van der Waals surface area contributed by atoms with Gasteiger partial charge in [0.1, 0.15) is 0 Å². The van der Waals surface area contributed by atoms with Crippen molar-refractivity contribution in [3.05, 3.63) is 29.6 Å². The molecule has 0 saturated heterocycles. The van der Waals surface area contributed by atoms with Crippen molar-refractivity contribution in [1.29, 1.82) is 0 Å². The Bertz CT molecular complexity index is 390. The van der Waals surface area contributed by atoms with Crippen molar-refractivity contribution in [3.63, 3.8) is 0 Å². The number of hydrogen-bond acceptors (Lipinski definition) is 3. The maximum Gasteiger partial charge on any atom is 0.227 e. The second-order valence-corrected chi connectivity index (χ2v) is 4.83. The van der Waals surface area contributed by atoms with Crippen LogP contribution in [0.5, 0.6) is 0 Å². The SMILES string of the molecule is Cc1ccc(CNC(=O)C2(CN)CCC2)cn1.